The van der Waals surface area contributed by atoms with Crippen molar-refractivity contribution in [2.24, 2.45) is 5.34 Å². The van der Waals surface area contributed by atoms with Crippen molar-refractivity contribution in [1.82, 2.24) is 0 Å². The topological polar surface area (TPSA) is 49.7 Å². The van der Waals surface area contributed by atoms with Gasteiger partial charge in [-0.15, -0.1) is 4.91 Å². The van der Waals surface area contributed by atoms with E-state index in [0.717, 1.165) is 0 Å². The number of nitrogens with zero attached hydrogens (tertiary/aromatic N) is 1. The molecule has 0 spiro atoms. The molecule has 3 nitrogen and oxygen atoms in total. The average molecular weight is 119 g/mol. The molecule has 0 rings (SSSR count). The van der Waals surface area contributed by atoms with Crippen LogP contribution in [0, 0.1) is 4.91 Å². The van der Waals surface area contributed by atoms with Gasteiger partial charge in [0.1, 0.15) is 0 Å². The standard InChI is InChI=1S/Cu.Li.HNO2.H/c;;2-1-3;/h;;(H,2,3);. The van der Waals surface area contributed by atoms with Crippen LogP contribution in [-0.2, 0) is 17.1 Å². The molecule has 1 radical (unpaired) electrons. The molecule has 0 bridgehead atoms. The maximum atomic E-state index is 8.11. The van der Waals surface area contributed by atoms with Crippen molar-refractivity contribution in [3.8, 4) is 0 Å². The SMILES string of the molecule is O=NO.[Cu].[LiH]. The van der Waals surface area contributed by atoms with Gasteiger partial charge in [-0.2, -0.15) is 0 Å². The third-order valence-electron chi connectivity index (χ3n) is 0. The van der Waals surface area contributed by atoms with Crippen LogP contribution in [0.4, 0.5) is 0 Å². The number of hydrogen-bond acceptors (Lipinski definition) is 2. The first kappa shape index (κ1) is 17.8. The second kappa shape index (κ2) is 24.3. The Balaban J connectivity index is -0.0000000200. The summed E-state index contributed by atoms with van der Waals surface area (Å²) in [5.41, 5.74) is 0. The van der Waals surface area contributed by atoms with Gasteiger partial charge < -0.3 is 5.21 Å². The van der Waals surface area contributed by atoms with E-state index in [-0.39, 0.29) is 35.9 Å². The first-order valence-electron chi connectivity index (χ1n) is 0.383. The summed E-state index contributed by atoms with van der Waals surface area (Å²) in [5, 5.41) is 7.89. The van der Waals surface area contributed by atoms with E-state index in [1.54, 1.807) is 0 Å². The second-order valence-electron chi connectivity index (χ2n) is 0.0816. The predicted octanol–water partition coefficient (Wildman–Crippen LogP) is -0.509. The van der Waals surface area contributed by atoms with Crippen molar-refractivity contribution in [3.63, 3.8) is 0 Å². The quantitative estimate of drug-likeness (QED) is 0.265. The summed E-state index contributed by atoms with van der Waals surface area (Å²) < 4.78 is 0. The van der Waals surface area contributed by atoms with Crippen LogP contribution in [-0.4, -0.2) is 24.1 Å². The summed E-state index contributed by atoms with van der Waals surface area (Å²) in [6.45, 7) is 0. The molecule has 31 valence electrons. The van der Waals surface area contributed by atoms with E-state index in [1.807, 2.05) is 0 Å². The minimum absolute atomic E-state index is 0. The molecule has 0 aromatic carbocycles. The molecule has 0 fully saturated rings. The van der Waals surface area contributed by atoms with Gasteiger partial charge in [0.25, 0.3) is 0 Å². The van der Waals surface area contributed by atoms with Gasteiger partial charge in [0.05, 0.1) is 0 Å². The zero-order chi connectivity index (χ0) is 2.71. The zero-order valence-corrected chi connectivity index (χ0v) is 2.55. The Morgan fingerprint density at radius 3 is 1.60 bits per heavy atom. The zero-order valence-electron chi connectivity index (χ0n) is 1.60. The Morgan fingerprint density at radius 1 is 1.60 bits per heavy atom. The van der Waals surface area contributed by atoms with Crippen molar-refractivity contribution in [3.05, 3.63) is 4.91 Å². The Hall–Kier alpha value is 0.517. The molecule has 0 atom stereocenters. The van der Waals surface area contributed by atoms with Crippen LogP contribution in [0.2, 0.25) is 0 Å². The van der Waals surface area contributed by atoms with Gasteiger partial charge in [-0.3, -0.25) is 0 Å². The minimum atomic E-state index is 0. The number of rotatable bonds is 0. The Kier molecular flexibility index (Phi) is 86.3. The fourth-order valence-corrected chi connectivity index (χ4v) is 0. The van der Waals surface area contributed by atoms with Gasteiger partial charge in [0, 0.05) is 17.1 Å². The number of hydrogen-bond donors (Lipinski definition) is 1. The van der Waals surface area contributed by atoms with E-state index < -0.39 is 0 Å². The molecule has 0 saturated heterocycles. The fraction of sp³-hybridized carbons (Fsp3) is 0. The first-order chi connectivity index (χ1) is 1.41. The average Bonchev–Trinajstić information content (AvgIpc) is 0.918. The van der Waals surface area contributed by atoms with Crippen molar-refractivity contribution in [1.29, 1.82) is 0 Å². The normalized spacial score (nSPS) is 2.40. The van der Waals surface area contributed by atoms with E-state index in [1.165, 1.54) is 5.34 Å². The summed E-state index contributed by atoms with van der Waals surface area (Å²) in [6.07, 6.45) is 0. The van der Waals surface area contributed by atoms with Crippen molar-refractivity contribution in [2.75, 3.05) is 0 Å². The predicted molar refractivity (Wildman–Crippen MR) is 14.7 cm³/mol. The van der Waals surface area contributed by atoms with Crippen LogP contribution in [0.1, 0.15) is 0 Å². The summed E-state index contributed by atoms with van der Waals surface area (Å²) in [5.74, 6) is 0. The van der Waals surface area contributed by atoms with E-state index in [2.05, 4.69) is 0 Å². The molecule has 0 saturated carbocycles. The molecular formula is H2CuLiNO2. The molecule has 0 unspecified atom stereocenters. The van der Waals surface area contributed by atoms with Crippen LogP contribution in [0.15, 0.2) is 5.34 Å². The Morgan fingerprint density at radius 2 is 1.60 bits per heavy atom. The van der Waals surface area contributed by atoms with Gasteiger partial charge >= 0.3 is 18.9 Å². The van der Waals surface area contributed by atoms with Crippen molar-refractivity contribution >= 4 is 18.9 Å². The third-order valence-corrected chi connectivity index (χ3v) is 0. The van der Waals surface area contributed by atoms with Gasteiger partial charge in [-0.1, -0.05) is 0 Å². The molecule has 1 N–H and O–H groups in total. The van der Waals surface area contributed by atoms with Crippen LogP contribution >= 0.6 is 0 Å². The molecule has 0 aromatic heterocycles. The summed E-state index contributed by atoms with van der Waals surface area (Å²) in [7, 11) is 0. The summed E-state index contributed by atoms with van der Waals surface area (Å²) >= 11 is 0. The molecule has 0 aromatic rings. The molecule has 5 heavy (non-hydrogen) atoms. The Bertz CT molecular complexity index is 17.1. The molecular weight excluding hydrogens is 116 g/mol. The summed E-state index contributed by atoms with van der Waals surface area (Å²) in [6, 6.07) is 0. The van der Waals surface area contributed by atoms with Crippen LogP contribution in [0.5, 0.6) is 0 Å². The maximum absolute atomic E-state index is 8.11. The Labute approximate surface area is 51.7 Å². The second-order valence-corrected chi connectivity index (χ2v) is 0.0816. The van der Waals surface area contributed by atoms with E-state index in [4.69, 9.17) is 10.1 Å². The molecule has 0 aliphatic carbocycles. The summed E-state index contributed by atoms with van der Waals surface area (Å²) in [4.78, 5) is 8.11. The van der Waals surface area contributed by atoms with Gasteiger partial charge in [-0.05, 0) is 0 Å². The van der Waals surface area contributed by atoms with Crippen LogP contribution < -0.4 is 0 Å². The van der Waals surface area contributed by atoms with Crippen LogP contribution in [0.3, 0.4) is 0 Å². The van der Waals surface area contributed by atoms with E-state index >= 15 is 0 Å². The fourth-order valence-electron chi connectivity index (χ4n) is 0. The molecule has 0 amide bonds. The molecule has 0 aliphatic heterocycles. The van der Waals surface area contributed by atoms with Gasteiger partial charge in [0.2, 0.25) is 0 Å². The first-order valence-corrected chi connectivity index (χ1v) is 0.383. The van der Waals surface area contributed by atoms with Crippen molar-refractivity contribution in [2.45, 2.75) is 0 Å². The molecule has 5 heteroatoms. The van der Waals surface area contributed by atoms with Crippen molar-refractivity contribution < 1.29 is 22.3 Å². The van der Waals surface area contributed by atoms with Gasteiger partial charge in [0.15, 0.2) is 5.34 Å². The van der Waals surface area contributed by atoms with E-state index in [9.17, 15) is 0 Å². The monoisotopic (exact) mass is 118 g/mol. The van der Waals surface area contributed by atoms with Crippen LogP contribution in [0.25, 0.3) is 0 Å². The molecule has 0 aliphatic rings. The van der Waals surface area contributed by atoms with E-state index in [0.29, 0.717) is 0 Å². The van der Waals surface area contributed by atoms with Gasteiger partial charge in [-0.25, -0.2) is 0 Å². The molecule has 0 heterocycles. The third kappa shape index (κ3) is 107.